The van der Waals surface area contributed by atoms with Crippen LogP contribution >= 0.6 is 11.8 Å². The highest BCUT2D eigenvalue weighted by Gasteiger charge is 2.36. The Bertz CT molecular complexity index is 635. The van der Waals surface area contributed by atoms with Gasteiger partial charge in [-0.05, 0) is 30.9 Å². The first-order valence-corrected chi connectivity index (χ1v) is 9.16. The zero-order chi connectivity index (χ0) is 17.7. The molecule has 2 rings (SSSR count). The largest absolute Gasteiger partial charge is 0.480 e. The van der Waals surface area contributed by atoms with Gasteiger partial charge in [-0.3, -0.25) is 9.59 Å². The van der Waals surface area contributed by atoms with Gasteiger partial charge in [0.25, 0.3) is 0 Å². The third kappa shape index (κ3) is 4.29. The summed E-state index contributed by atoms with van der Waals surface area (Å²) in [5.74, 6) is -2.04. The number of carbonyl (C=O) groups excluding carboxylic acids is 2. The minimum Gasteiger partial charge on any atom is -0.480 e. The molecule has 130 valence electrons. The van der Waals surface area contributed by atoms with Gasteiger partial charge in [-0.25, -0.2) is 4.79 Å². The molecule has 2 unspecified atom stereocenters. The highest BCUT2D eigenvalue weighted by atomic mass is 32.2. The number of thioether (sulfide) groups is 1. The SMILES string of the molecule is CCCC(NC(=O)C1CC(=O)N(c2cccc(SC)c2)C1)C(=O)O. The number of rotatable bonds is 7. The number of carboxylic acids is 1. The number of carboxylic acid groups (broad SMARTS) is 1. The van der Waals surface area contributed by atoms with Crippen LogP contribution in [0, 0.1) is 5.92 Å². The molecule has 1 aromatic carbocycles. The van der Waals surface area contributed by atoms with Crippen molar-refractivity contribution in [3.05, 3.63) is 24.3 Å². The maximum absolute atomic E-state index is 12.3. The smallest absolute Gasteiger partial charge is 0.326 e. The molecule has 1 saturated heterocycles. The molecule has 2 N–H and O–H groups in total. The van der Waals surface area contributed by atoms with Crippen LogP contribution in [0.3, 0.4) is 0 Å². The summed E-state index contributed by atoms with van der Waals surface area (Å²) in [4.78, 5) is 38.4. The minimum atomic E-state index is -1.04. The molecule has 0 aromatic heterocycles. The quantitative estimate of drug-likeness (QED) is 0.736. The van der Waals surface area contributed by atoms with E-state index in [0.29, 0.717) is 12.8 Å². The van der Waals surface area contributed by atoms with E-state index in [0.717, 1.165) is 10.6 Å². The second kappa shape index (κ2) is 8.19. The van der Waals surface area contributed by atoms with Gasteiger partial charge in [0, 0.05) is 23.5 Å². The van der Waals surface area contributed by atoms with Gasteiger partial charge in [0.05, 0.1) is 5.92 Å². The molecule has 1 fully saturated rings. The lowest BCUT2D eigenvalue weighted by Crippen LogP contribution is -2.44. The number of carbonyl (C=O) groups is 3. The van der Waals surface area contributed by atoms with Crippen LogP contribution in [0.15, 0.2) is 29.2 Å². The van der Waals surface area contributed by atoms with Crippen LogP contribution in [-0.2, 0) is 14.4 Å². The lowest BCUT2D eigenvalue weighted by molar-refractivity contribution is -0.142. The van der Waals surface area contributed by atoms with E-state index in [1.807, 2.05) is 37.4 Å². The second-order valence-corrected chi connectivity index (χ2v) is 6.67. The van der Waals surface area contributed by atoms with E-state index in [1.54, 1.807) is 16.7 Å². The lowest BCUT2D eigenvalue weighted by atomic mass is 10.1. The fraction of sp³-hybridized carbons (Fsp3) is 0.471. The molecule has 2 atom stereocenters. The first-order chi connectivity index (χ1) is 11.5. The van der Waals surface area contributed by atoms with Crippen LogP contribution < -0.4 is 10.2 Å². The van der Waals surface area contributed by atoms with Crippen molar-refractivity contribution in [2.45, 2.75) is 37.1 Å². The van der Waals surface area contributed by atoms with Gasteiger partial charge in [-0.1, -0.05) is 19.4 Å². The predicted octanol–water partition coefficient (Wildman–Crippen LogP) is 2.13. The van der Waals surface area contributed by atoms with E-state index >= 15 is 0 Å². The normalized spacial score (nSPS) is 18.5. The van der Waals surface area contributed by atoms with Crippen molar-refractivity contribution < 1.29 is 19.5 Å². The Morgan fingerprint density at radius 2 is 2.21 bits per heavy atom. The summed E-state index contributed by atoms with van der Waals surface area (Å²) in [7, 11) is 0. The monoisotopic (exact) mass is 350 g/mol. The van der Waals surface area contributed by atoms with Crippen molar-refractivity contribution >= 4 is 35.2 Å². The Kier molecular flexibility index (Phi) is 6.25. The molecule has 6 nitrogen and oxygen atoms in total. The van der Waals surface area contributed by atoms with E-state index in [4.69, 9.17) is 5.11 Å². The molecule has 0 bridgehead atoms. The van der Waals surface area contributed by atoms with E-state index in [9.17, 15) is 14.4 Å². The molecular formula is C17H22N2O4S. The molecule has 1 aromatic rings. The summed E-state index contributed by atoms with van der Waals surface area (Å²) in [6.07, 6.45) is 3.10. The Morgan fingerprint density at radius 3 is 2.83 bits per heavy atom. The van der Waals surface area contributed by atoms with Crippen molar-refractivity contribution in [1.29, 1.82) is 0 Å². The lowest BCUT2D eigenvalue weighted by Gasteiger charge is -2.19. The Hall–Kier alpha value is -2.02. The van der Waals surface area contributed by atoms with Gasteiger partial charge in [-0.2, -0.15) is 0 Å². The van der Waals surface area contributed by atoms with Gasteiger partial charge in [0.2, 0.25) is 11.8 Å². The molecular weight excluding hydrogens is 328 g/mol. The third-order valence-corrected chi connectivity index (χ3v) is 4.78. The topological polar surface area (TPSA) is 86.7 Å². The summed E-state index contributed by atoms with van der Waals surface area (Å²) in [5.41, 5.74) is 0.769. The zero-order valence-corrected chi connectivity index (χ0v) is 14.6. The number of nitrogens with one attached hydrogen (secondary N) is 1. The molecule has 1 aliphatic rings. The Morgan fingerprint density at radius 1 is 1.46 bits per heavy atom. The molecule has 0 saturated carbocycles. The van der Waals surface area contributed by atoms with E-state index in [1.165, 1.54) is 0 Å². The molecule has 24 heavy (non-hydrogen) atoms. The molecule has 0 spiro atoms. The first-order valence-electron chi connectivity index (χ1n) is 7.93. The molecule has 2 amide bonds. The van der Waals surface area contributed by atoms with Crippen molar-refractivity contribution in [3.8, 4) is 0 Å². The fourth-order valence-corrected chi connectivity index (χ4v) is 3.20. The molecule has 0 aliphatic carbocycles. The van der Waals surface area contributed by atoms with E-state index in [-0.39, 0.29) is 24.8 Å². The maximum Gasteiger partial charge on any atom is 0.326 e. The number of hydrogen-bond donors (Lipinski definition) is 2. The molecule has 0 radical (unpaired) electrons. The number of benzene rings is 1. The van der Waals surface area contributed by atoms with Crippen LogP contribution in [0.5, 0.6) is 0 Å². The van der Waals surface area contributed by atoms with Crippen LogP contribution in [0.4, 0.5) is 5.69 Å². The van der Waals surface area contributed by atoms with Crippen molar-refractivity contribution in [3.63, 3.8) is 0 Å². The van der Waals surface area contributed by atoms with E-state index in [2.05, 4.69) is 5.32 Å². The summed E-state index contributed by atoms with van der Waals surface area (Å²) >= 11 is 1.58. The van der Waals surface area contributed by atoms with Gasteiger partial charge < -0.3 is 15.3 Å². The highest BCUT2D eigenvalue weighted by Crippen LogP contribution is 2.28. The summed E-state index contributed by atoms with van der Waals surface area (Å²) in [5, 5.41) is 11.7. The highest BCUT2D eigenvalue weighted by molar-refractivity contribution is 7.98. The summed E-state index contributed by atoms with van der Waals surface area (Å²) in [6.45, 7) is 2.14. The third-order valence-electron chi connectivity index (χ3n) is 4.05. The number of hydrogen-bond acceptors (Lipinski definition) is 4. The second-order valence-electron chi connectivity index (χ2n) is 5.79. The van der Waals surface area contributed by atoms with Crippen molar-refractivity contribution in [2.75, 3.05) is 17.7 Å². The average Bonchev–Trinajstić information content (AvgIpc) is 2.96. The van der Waals surface area contributed by atoms with Crippen molar-refractivity contribution in [2.24, 2.45) is 5.92 Å². The van der Waals surface area contributed by atoms with Crippen molar-refractivity contribution in [1.82, 2.24) is 5.32 Å². The summed E-state index contributed by atoms with van der Waals surface area (Å²) < 4.78 is 0. The zero-order valence-electron chi connectivity index (χ0n) is 13.8. The van der Waals surface area contributed by atoms with Crippen LogP contribution in [0.2, 0.25) is 0 Å². The maximum atomic E-state index is 12.3. The predicted molar refractivity (Wildman–Crippen MR) is 93.2 cm³/mol. The summed E-state index contributed by atoms with van der Waals surface area (Å²) in [6, 6.07) is 6.70. The number of anilines is 1. The van der Waals surface area contributed by atoms with Gasteiger partial charge in [-0.15, -0.1) is 11.8 Å². The van der Waals surface area contributed by atoms with Crippen LogP contribution in [0.1, 0.15) is 26.2 Å². The fourth-order valence-electron chi connectivity index (χ4n) is 2.75. The van der Waals surface area contributed by atoms with Gasteiger partial charge in [0.1, 0.15) is 6.04 Å². The standard InChI is InChI=1S/C17H22N2O4S/c1-3-5-14(17(22)23)18-16(21)11-8-15(20)19(10-11)12-6-4-7-13(9-12)24-2/h4,6-7,9,11,14H,3,5,8,10H2,1-2H3,(H,18,21)(H,22,23). The number of aliphatic carboxylic acids is 1. The van der Waals surface area contributed by atoms with Gasteiger partial charge >= 0.3 is 5.97 Å². The molecule has 7 heteroatoms. The van der Waals surface area contributed by atoms with Crippen LogP contribution in [-0.4, -0.2) is 41.7 Å². The molecule has 1 aliphatic heterocycles. The van der Waals surface area contributed by atoms with Crippen LogP contribution in [0.25, 0.3) is 0 Å². The van der Waals surface area contributed by atoms with Gasteiger partial charge in [0.15, 0.2) is 0 Å². The minimum absolute atomic E-state index is 0.105. The number of nitrogens with zero attached hydrogens (tertiary/aromatic N) is 1. The Balaban J connectivity index is 2.05. The number of amides is 2. The van der Waals surface area contributed by atoms with E-state index < -0.39 is 17.9 Å². The first kappa shape index (κ1) is 18.3. The molecule has 1 heterocycles. The Labute approximate surface area is 145 Å². The average molecular weight is 350 g/mol.